The third kappa shape index (κ3) is 3.49. The number of methoxy groups -OCH3 is 1. The van der Waals surface area contributed by atoms with Crippen LogP contribution in [0.4, 0.5) is 11.4 Å². The monoisotopic (exact) mass is 430 g/mol. The van der Waals surface area contributed by atoms with Gasteiger partial charge in [0.2, 0.25) is 0 Å². The summed E-state index contributed by atoms with van der Waals surface area (Å²) in [6.07, 6.45) is 0. The van der Waals surface area contributed by atoms with Gasteiger partial charge in [-0.15, -0.1) is 0 Å². The highest BCUT2D eigenvalue weighted by atomic mass is 32.1. The third-order valence-corrected chi connectivity index (χ3v) is 5.36. The Labute approximate surface area is 182 Å². The molecule has 2 N–H and O–H groups in total. The molecule has 0 spiro atoms. The molecule has 7 heteroatoms. The molecule has 31 heavy (non-hydrogen) atoms. The molecule has 0 aliphatic heterocycles. The predicted octanol–water partition coefficient (Wildman–Crippen LogP) is 5.82. The Morgan fingerprint density at radius 2 is 1.68 bits per heavy atom. The molecule has 5 rings (SSSR count). The minimum atomic E-state index is -0.383. The Kier molecular flexibility index (Phi) is 4.60. The number of thiocarbonyl (C=S) groups is 1. The quantitative estimate of drug-likeness (QED) is 0.276. The molecular weight excluding hydrogens is 412 g/mol. The number of hydrogen-bond donors (Lipinski definition) is 2. The van der Waals surface area contributed by atoms with E-state index in [1.807, 2.05) is 55.5 Å². The van der Waals surface area contributed by atoms with Gasteiger partial charge in [-0.2, -0.15) is 0 Å². The van der Waals surface area contributed by atoms with Crippen LogP contribution in [0.1, 0.15) is 5.56 Å². The Morgan fingerprint density at radius 3 is 2.52 bits per heavy atom. The summed E-state index contributed by atoms with van der Waals surface area (Å²) in [4.78, 5) is 11.7. The fraction of sp³-hybridized carbons (Fsp3) is 0.0833. The van der Waals surface area contributed by atoms with Crippen LogP contribution in [-0.4, -0.2) is 12.2 Å². The van der Waals surface area contributed by atoms with E-state index in [9.17, 15) is 4.79 Å². The summed E-state index contributed by atoms with van der Waals surface area (Å²) in [6, 6.07) is 18.6. The largest absolute Gasteiger partial charge is 0.495 e. The first-order chi connectivity index (χ1) is 15.0. The van der Waals surface area contributed by atoms with Crippen molar-refractivity contribution < 1.29 is 13.6 Å². The third-order valence-electron chi connectivity index (χ3n) is 5.16. The molecule has 154 valence electrons. The molecule has 5 aromatic rings. The molecule has 3 aromatic carbocycles. The lowest BCUT2D eigenvalue weighted by Crippen LogP contribution is -2.19. The van der Waals surface area contributed by atoms with E-state index in [4.69, 9.17) is 25.8 Å². The standard InChI is InChI=1S/C24H18N2O4S/c1-13-9-23(27)30-20-10-14(7-8-15(13)20)25-24(31)26-18-12-21-17(11-22(18)28-2)16-5-3-4-6-19(16)29-21/h3-12H,1-2H3,(H2,25,26,31). The van der Waals surface area contributed by atoms with Crippen molar-refractivity contribution in [2.45, 2.75) is 6.92 Å². The van der Waals surface area contributed by atoms with Gasteiger partial charge in [0.15, 0.2) is 5.11 Å². The fourth-order valence-electron chi connectivity index (χ4n) is 3.71. The number of aryl methyl sites for hydroxylation is 1. The molecule has 0 amide bonds. The normalized spacial score (nSPS) is 11.2. The number of fused-ring (bicyclic) bond motifs is 4. The second-order valence-corrected chi connectivity index (χ2v) is 7.59. The van der Waals surface area contributed by atoms with Crippen LogP contribution in [0.2, 0.25) is 0 Å². The SMILES string of the molecule is COc1cc2c(cc1NC(=S)Nc1ccc3c(C)cc(=O)oc3c1)oc1ccccc12. The molecule has 0 radical (unpaired) electrons. The predicted molar refractivity (Wildman–Crippen MR) is 127 cm³/mol. The van der Waals surface area contributed by atoms with E-state index in [0.717, 1.165) is 32.9 Å². The van der Waals surface area contributed by atoms with Gasteiger partial charge in [-0.3, -0.25) is 0 Å². The van der Waals surface area contributed by atoms with Gasteiger partial charge in [0.1, 0.15) is 22.5 Å². The van der Waals surface area contributed by atoms with E-state index in [1.54, 1.807) is 13.2 Å². The van der Waals surface area contributed by atoms with Gasteiger partial charge in [-0.25, -0.2) is 4.79 Å². The summed E-state index contributed by atoms with van der Waals surface area (Å²) in [6.45, 7) is 1.87. The molecular formula is C24H18N2O4S. The van der Waals surface area contributed by atoms with Gasteiger partial charge >= 0.3 is 5.63 Å². The van der Waals surface area contributed by atoms with E-state index >= 15 is 0 Å². The number of hydrogen-bond acceptors (Lipinski definition) is 5. The van der Waals surface area contributed by atoms with Gasteiger partial charge in [-0.1, -0.05) is 18.2 Å². The van der Waals surface area contributed by atoms with Gasteiger partial charge < -0.3 is 24.2 Å². The summed E-state index contributed by atoms with van der Waals surface area (Å²) in [5.74, 6) is 0.642. The number of ether oxygens (including phenoxy) is 1. The average Bonchev–Trinajstić information content (AvgIpc) is 3.10. The maximum absolute atomic E-state index is 11.7. The smallest absolute Gasteiger partial charge is 0.336 e. The highest BCUT2D eigenvalue weighted by Crippen LogP contribution is 2.36. The molecule has 6 nitrogen and oxygen atoms in total. The first kappa shape index (κ1) is 19.1. The highest BCUT2D eigenvalue weighted by molar-refractivity contribution is 7.80. The van der Waals surface area contributed by atoms with Crippen molar-refractivity contribution in [3.05, 3.63) is 76.6 Å². The number of nitrogens with one attached hydrogen (secondary N) is 2. The zero-order chi connectivity index (χ0) is 21.5. The topological polar surface area (TPSA) is 76.6 Å². The van der Waals surface area contributed by atoms with Crippen molar-refractivity contribution in [1.82, 2.24) is 0 Å². The summed E-state index contributed by atoms with van der Waals surface area (Å²) in [7, 11) is 1.61. The van der Waals surface area contributed by atoms with Crippen LogP contribution in [0.3, 0.4) is 0 Å². The van der Waals surface area contributed by atoms with Crippen molar-refractivity contribution >= 4 is 61.6 Å². The van der Waals surface area contributed by atoms with Gasteiger partial charge in [-0.05, 0) is 49.0 Å². The highest BCUT2D eigenvalue weighted by Gasteiger charge is 2.13. The van der Waals surface area contributed by atoms with Crippen molar-refractivity contribution in [2.24, 2.45) is 0 Å². The molecule has 0 aliphatic carbocycles. The lowest BCUT2D eigenvalue weighted by atomic mass is 10.1. The molecule has 2 aromatic heterocycles. The molecule has 0 atom stereocenters. The van der Waals surface area contributed by atoms with E-state index in [2.05, 4.69) is 10.6 Å². The molecule has 0 fully saturated rings. The number of rotatable bonds is 3. The van der Waals surface area contributed by atoms with Crippen molar-refractivity contribution in [2.75, 3.05) is 17.7 Å². The minimum Gasteiger partial charge on any atom is -0.495 e. The molecule has 2 heterocycles. The second kappa shape index (κ2) is 7.45. The molecule has 0 bridgehead atoms. The van der Waals surface area contributed by atoms with Crippen LogP contribution in [0.25, 0.3) is 32.9 Å². The van der Waals surface area contributed by atoms with Gasteiger partial charge in [0.05, 0.1) is 12.8 Å². The van der Waals surface area contributed by atoms with E-state index in [1.165, 1.54) is 6.07 Å². The second-order valence-electron chi connectivity index (χ2n) is 7.19. The fourth-order valence-corrected chi connectivity index (χ4v) is 3.93. The number of furan rings is 1. The van der Waals surface area contributed by atoms with Crippen LogP contribution in [0.5, 0.6) is 5.75 Å². The molecule has 0 saturated carbocycles. The zero-order valence-electron chi connectivity index (χ0n) is 16.8. The van der Waals surface area contributed by atoms with E-state index in [-0.39, 0.29) is 5.63 Å². The minimum absolute atomic E-state index is 0.364. The number of benzene rings is 3. The van der Waals surface area contributed by atoms with Crippen molar-refractivity contribution in [3.63, 3.8) is 0 Å². The van der Waals surface area contributed by atoms with Crippen molar-refractivity contribution in [1.29, 1.82) is 0 Å². The number of para-hydroxylation sites is 1. The van der Waals surface area contributed by atoms with Crippen LogP contribution >= 0.6 is 12.2 Å². The lowest BCUT2D eigenvalue weighted by molar-refractivity contribution is 0.417. The Hall–Kier alpha value is -3.84. The first-order valence-corrected chi connectivity index (χ1v) is 10.0. The van der Waals surface area contributed by atoms with Gasteiger partial charge in [0, 0.05) is 40.0 Å². The van der Waals surface area contributed by atoms with Crippen LogP contribution in [-0.2, 0) is 0 Å². The van der Waals surface area contributed by atoms with Crippen LogP contribution in [0, 0.1) is 6.92 Å². The summed E-state index contributed by atoms with van der Waals surface area (Å²) in [5.41, 5.74) is 3.89. The molecule has 0 saturated heterocycles. The Morgan fingerprint density at radius 1 is 0.871 bits per heavy atom. The Bertz CT molecular complexity index is 1530. The molecule has 0 aliphatic rings. The summed E-state index contributed by atoms with van der Waals surface area (Å²) < 4.78 is 16.8. The zero-order valence-corrected chi connectivity index (χ0v) is 17.6. The number of anilines is 2. The maximum Gasteiger partial charge on any atom is 0.336 e. The molecule has 0 unspecified atom stereocenters. The first-order valence-electron chi connectivity index (χ1n) is 9.63. The average molecular weight is 430 g/mol. The summed E-state index contributed by atoms with van der Waals surface area (Å²) in [5, 5.41) is 9.51. The van der Waals surface area contributed by atoms with Crippen molar-refractivity contribution in [3.8, 4) is 5.75 Å². The van der Waals surface area contributed by atoms with E-state index in [0.29, 0.717) is 27.8 Å². The maximum atomic E-state index is 11.7. The lowest BCUT2D eigenvalue weighted by Gasteiger charge is -2.14. The van der Waals surface area contributed by atoms with Crippen LogP contribution < -0.4 is 21.0 Å². The van der Waals surface area contributed by atoms with Crippen LogP contribution in [0.15, 0.2) is 74.3 Å². The summed E-state index contributed by atoms with van der Waals surface area (Å²) >= 11 is 5.49. The Balaban J connectivity index is 1.45. The van der Waals surface area contributed by atoms with E-state index < -0.39 is 0 Å². The van der Waals surface area contributed by atoms with Gasteiger partial charge in [0.25, 0.3) is 0 Å².